The number of aromatic nitrogens is 3. The summed E-state index contributed by atoms with van der Waals surface area (Å²) in [6, 6.07) is 11.7. The minimum atomic E-state index is -0.403. The average molecular weight is 491 g/mol. The van der Waals surface area contributed by atoms with Crippen molar-refractivity contribution in [3.63, 3.8) is 0 Å². The van der Waals surface area contributed by atoms with E-state index >= 15 is 0 Å². The Hall–Kier alpha value is -2.81. The first-order chi connectivity index (χ1) is 15.4. The average Bonchev–Trinajstić information content (AvgIpc) is 3.18. The Balaban J connectivity index is 1.66. The van der Waals surface area contributed by atoms with E-state index in [-0.39, 0.29) is 11.7 Å². The highest BCUT2D eigenvalue weighted by Crippen LogP contribution is 2.29. The van der Waals surface area contributed by atoms with Crippen LogP contribution in [0.15, 0.2) is 60.3 Å². The number of thioether (sulfide) groups is 1. The van der Waals surface area contributed by atoms with Crippen molar-refractivity contribution in [3.8, 4) is 11.4 Å². The zero-order chi connectivity index (χ0) is 23.1. The number of anilines is 1. The van der Waals surface area contributed by atoms with Gasteiger partial charge in [0.25, 0.3) is 0 Å². The van der Waals surface area contributed by atoms with Gasteiger partial charge in [-0.1, -0.05) is 41.0 Å². The largest absolute Gasteiger partial charge is 0.462 e. The highest BCUT2D eigenvalue weighted by Gasteiger charge is 2.16. The van der Waals surface area contributed by atoms with Gasteiger partial charge in [-0.2, -0.15) is 0 Å². The Morgan fingerprint density at radius 2 is 1.91 bits per heavy atom. The first-order valence-electron chi connectivity index (χ1n) is 9.62. The molecule has 32 heavy (non-hydrogen) atoms. The third-order valence-corrected chi connectivity index (χ3v) is 5.92. The fourth-order valence-electron chi connectivity index (χ4n) is 2.77. The Kier molecular flexibility index (Phi) is 8.33. The Morgan fingerprint density at radius 1 is 1.16 bits per heavy atom. The Bertz CT molecular complexity index is 1130. The number of allylic oxidation sites excluding steroid dienone is 1. The number of nitrogens with one attached hydrogen (secondary N) is 1. The van der Waals surface area contributed by atoms with E-state index in [1.54, 1.807) is 55.5 Å². The van der Waals surface area contributed by atoms with E-state index in [2.05, 4.69) is 22.1 Å². The lowest BCUT2D eigenvalue weighted by Gasteiger charge is -2.09. The van der Waals surface area contributed by atoms with Gasteiger partial charge in [-0.15, -0.1) is 16.8 Å². The van der Waals surface area contributed by atoms with Gasteiger partial charge < -0.3 is 10.1 Å². The maximum absolute atomic E-state index is 12.4. The van der Waals surface area contributed by atoms with Gasteiger partial charge in [0, 0.05) is 17.8 Å². The number of hydrogen-bond donors (Lipinski definition) is 1. The summed E-state index contributed by atoms with van der Waals surface area (Å²) in [7, 11) is 0. The second kappa shape index (κ2) is 11.2. The second-order valence-corrected chi connectivity index (χ2v) is 8.23. The van der Waals surface area contributed by atoms with E-state index in [0.29, 0.717) is 45.4 Å². The van der Waals surface area contributed by atoms with Crippen molar-refractivity contribution in [3.05, 3.63) is 70.7 Å². The predicted molar refractivity (Wildman–Crippen MR) is 127 cm³/mol. The summed E-state index contributed by atoms with van der Waals surface area (Å²) in [5.74, 6) is 0.0975. The van der Waals surface area contributed by atoms with Crippen LogP contribution in [0.3, 0.4) is 0 Å². The molecule has 10 heteroatoms. The van der Waals surface area contributed by atoms with E-state index in [0.717, 1.165) is 5.56 Å². The highest BCUT2D eigenvalue weighted by molar-refractivity contribution is 7.99. The molecule has 1 N–H and O–H groups in total. The van der Waals surface area contributed by atoms with Crippen molar-refractivity contribution in [2.24, 2.45) is 0 Å². The maximum atomic E-state index is 12.4. The molecule has 0 aliphatic heterocycles. The molecule has 0 saturated heterocycles. The molecule has 1 aromatic heterocycles. The maximum Gasteiger partial charge on any atom is 0.338 e. The van der Waals surface area contributed by atoms with E-state index in [4.69, 9.17) is 27.9 Å². The molecule has 0 atom stereocenters. The molecule has 3 aromatic rings. The molecule has 3 rings (SSSR count). The summed E-state index contributed by atoms with van der Waals surface area (Å²) in [6.45, 7) is 6.29. The molecule has 0 saturated carbocycles. The van der Waals surface area contributed by atoms with Gasteiger partial charge in [0.15, 0.2) is 11.0 Å². The van der Waals surface area contributed by atoms with Crippen LogP contribution in [-0.4, -0.2) is 39.0 Å². The number of amides is 1. The molecule has 1 heterocycles. The van der Waals surface area contributed by atoms with Gasteiger partial charge in [-0.05, 0) is 49.4 Å². The van der Waals surface area contributed by atoms with Crippen LogP contribution in [-0.2, 0) is 16.1 Å². The van der Waals surface area contributed by atoms with Crippen molar-refractivity contribution in [2.45, 2.75) is 18.6 Å². The van der Waals surface area contributed by atoms with Gasteiger partial charge in [0.1, 0.15) is 0 Å². The van der Waals surface area contributed by atoms with Crippen molar-refractivity contribution in [2.75, 3.05) is 17.7 Å². The van der Waals surface area contributed by atoms with Crippen LogP contribution in [0.4, 0.5) is 5.69 Å². The number of esters is 1. The van der Waals surface area contributed by atoms with E-state index in [1.165, 1.54) is 11.8 Å². The lowest BCUT2D eigenvalue weighted by atomic mass is 10.2. The van der Waals surface area contributed by atoms with Gasteiger partial charge in [0.05, 0.1) is 28.0 Å². The number of halogens is 2. The van der Waals surface area contributed by atoms with Crippen LogP contribution in [0.5, 0.6) is 0 Å². The van der Waals surface area contributed by atoms with Crippen molar-refractivity contribution < 1.29 is 14.3 Å². The molecule has 0 radical (unpaired) electrons. The quantitative estimate of drug-likeness (QED) is 0.247. The molecule has 0 aliphatic rings. The summed E-state index contributed by atoms with van der Waals surface area (Å²) in [6.07, 6.45) is 1.72. The second-order valence-electron chi connectivity index (χ2n) is 6.47. The number of nitrogens with zero attached hydrogens (tertiary/aromatic N) is 3. The fourth-order valence-corrected chi connectivity index (χ4v) is 3.82. The standard InChI is InChI=1S/C22H20Cl2N4O3S/c1-3-11-28-20(15-7-10-17(23)18(24)12-15)26-27-22(28)32-13-19(29)25-16-8-5-14(6-9-16)21(30)31-4-2/h3,5-10,12H,1,4,11,13H2,2H3,(H,25,29). The lowest BCUT2D eigenvalue weighted by Crippen LogP contribution is -2.15. The molecule has 1 amide bonds. The highest BCUT2D eigenvalue weighted by atomic mass is 35.5. The third-order valence-electron chi connectivity index (χ3n) is 4.22. The van der Waals surface area contributed by atoms with Crippen LogP contribution in [0.1, 0.15) is 17.3 Å². The van der Waals surface area contributed by atoms with Gasteiger partial charge in [-0.25, -0.2) is 4.79 Å². The van der Waals surface area contributed by atoms with Gasteiger partial charge in [0.2, 0.25) is 5.91 Å². The molecule has 0 unspecified atom stereocenters. The molecular formula is C22H20Cl2N4O3S. The van der Waals surface area contributed by atoms with Crippen LogP contribution < -0.4 is 5.32 Å². The van der Waals surface area contributed by atoms with Gasteiger partial charge >= 0.3 is 5.97 Å². The summed E-state index contributed by atoms with van der Waals surface area (Å²) < 4.78 is 6.79. The molecule has 0 spiro atoms. The van der Waals surface area contributed by atoms with Crippen LogP contribution in [0.25, 0.3) is 11.4 Å². The van der Waals surface area contributed by atoms with Crippen molar-refractivity contribution >= 4 is 52.5 Å². The molecule has 7 nitrogen and oxygen atoms in total. The zero-order valence-electron chi connectivity index (χ0n) is 17.2. The normalized spacial score (nSPS) is 10.6. The van der Waals surface area contributed by atoms with Crippen LogP contribution >= 0.6 is 35.0 Å². The van der Waals surface area contributed by atoms with E-state index in [1.807, 2.05) is 4.57 Å². The molecule has 166 valence electrons. The third kappa shape index (κ3) is 5.91. The van der Waals surface area contributed by atoms with Crippen LogP contribution in [0, 0.1) is 0 Å². The van der Waals surface area contributed by atoms with Gasteiger partial charge in [-0.3, -0.25) is 9.36 Å². The summed E-state index contributed by atoms with van der Waals surface area (Å²) in [5, 5.41) is 12.7. The SMILES string of the molecule is C=CCn1c(SCC(=O)Nc2ccc(C(=O)OCC)cc2)nnc1-c1ccc(Cl)c(Cl)c1. The van der Waals surface area contributed by atoms with Crippen molar-refractivity contribution in [1.29, 1.82) is 0 Å². The monoisotopic (exact) mass is 490 g/mol. The number of rotatable bonds is 9. The molecular weight excluding hydrogens is 471 g/mol. The molecule has 0 aliphatic carbocycles. The predicted octanol–water partition coefficient (Wildman–Crippen LogP) is 5.35. The number of carbonyl (C=O) groups is 2. The smallest absolute Gasteiger partial charge is 0.338 e. The van der Waals surface area contributed by atoms with E-state index in [9.17, 15) is 9.59 Å². The minimum absolute atomic E-state index is 0.121. The first kappa shape index (κ1) is 23.8. The number of benzene rings is 2. The Morgan fingerprint density at radius 3 is 2.56 bits per heavy atom. The topological polar surface area (TPSA) is 86.1 Å². The van der Waals surface area contributed by atoms with E-state index < -0.39 is 5.97 Å². The Labute approximate surface area is 199 Å². The van der Waals surface area contributed by atoms with Crippen molar-refractivity contribution in [1.82, 2.24) is 14.8 Å². The number of carbonyl (C=O) groups excluding carboxylic acids is 2. The molecule has 2 aromatic carbocycles. The fraction of sp³-hybridized carbons (Fsp3) is 0.182. The minimum Gasteiger partial charge on any atom is -0.462 e. The van der Waals surface area contributed by atoms with Crippen LogP contribution in [0.2, 0.25) is 10.0 Å². The molecule has 0 fully saturated rings. The summed E-state index contributed by atoms with van der Waals surface area (Å²) >= 11 is 13.4. The summed E-state index contributed by atoms with van der Waals surface area (Å²) in [4.78, 5) is 24.1. The molecule has 0 bridgehead atoms. The lowest BCUT2D eigenvalue weighted by molar-refractivity contribution is -0.113. The zero-order valence-corrected chi connectivity index (χ0v) is 19.5. The number of hydrogen-bond acceptors (Lipinski definition) is 6. The number of ether oxygens (including phenoxy) is 1. The first-order valence-corrected chi connectivity index (χ1v) is 11.4. The summed E-state index contributed by atoms with van der Waals surface area (Å²) in [5.41, 5.74) is 1.76.